The molecule has 1 aliphatic rings. The van der Waals surface area contributed by atoms with E-state index in [0.717, 1.165) is 29.2 Å². The number of hydrogen-bond acceptors (Lipinski definition) is 4. The van der Waals surface area contributed by atoms with Gasteiger partial charge >= 0.3 is 0 Å². The number of hydrogen-bond donors (Lipinski definition) is 1. The Labute approximate surface area is 109 Å². The zero-order chi connectivity index (χ0) is 12.6. The molecular weight excluding hydrogens is 248 g/mol. The van der Waals surface area contributed by atoms with Crippen molar-refractivity contribution in [2.24, 2.45) is 0 Å². The van der Waals surface area contributed by atoms with Crippen LogP contribution in [0, 0.1) is 0 Å². The lowest BCUT2D eigenvalue weighted by atomic mass is 10.0. The summed E-state index contributed by atoms with van der Waals surface area (Å²) in [5.74, 6) is 0.812. The summed E-state index contributed by atoms with van der Waals surface area (Å²) >= 11 is 1.60. The lowest BCUT2D eigenvalue weighted by Crippen LogP contribution is -2.34. The third kappa shape index (κ3) is 1.75. The molecule has 2 aromatic heterocycles. The van der Waals surface area contributed by atoms with Crippen LogP contribution in [0.15, 0.2) is 28.1 Å². The van der Waals surface area contributed by atoms with Crippen LogP contribution in [0.1, 0.15) is 25.5 Å². The number of carbonyl (C=O) groups excluding carboxylic acids is 1. The van der Waals surface area contributed by atoms with Crippen LogP contribution in [0.4, 0.5) is 0 Å². The predicted molar refractivity (Wildman–Crippen MR) is 69.4 cm³/mol. The van der Waals surface area contributed by atoms with Gasteiger partial charge in [0, 0.05) is 12.6 Å². The van der Waals surface area contributed by atoms with Crippen molar-refractivity contribution in [2.45, 2.75) is 25.2 Å². The van der Waals surface area contributed by atoms with Gasteiger partial charge in [0.05, 0.1) is 16.0 Å². The van der Waals surface area contributed by atoms with Crippen molar-refractivity contribution in [3.63, 3.8) is 0 Å². The summed E-state index contributed by atoms with van der Waals surface area (Å²) in [5, 5.41) is 8.95. The van der Waals surface area contributed by atoms with Gasteiger partial charge in [0.25, 0.3) is 0 Å². The number of likely N-dealkylation sites (N-methyl/N-ethyl adjacent to an activating group) is 1. The molecule has 18 heavy (non-hydrogen) atoms. The second kappa shape index (κ2) is 4.24. The smallest absolute Gasteiger partial charge is 0.232 e. The third-order valence-corrected chi connectivity index (χ3v) is 4.17. The Bertz CT molecular complexity index is 555. The van der Waals surface area contributed by atoms with E-state index in [1.165, 1.54) is 0 Å². The van der Waals surface area contributed by atoms with Crippen LogP contribution >= 0.6 is 11.3 Å². The van der Waals surface area contributed by atoms with E-state index >= 15 is 0 Å². The molecule has 0 bridgehead atoms. The van der Waals surface area contributed by atoms with E-state index in [1.807, 2.05) is 30.5 Å². The van der Waals surface area contributed by atoms with Crippen LogP contribution in [-0.2, 0) is 10.2 Å². The minimum Gasteiger partial charge on any atom is -0.356 e. The SMILES string of the molecule is CCNC(=O)C1(c2cc(-c3cccs3)on2)CC1. The molecular formula is C13H14N2O2S. The number of rotatable bonds is 4. The maximum atomic E-state index is 12.0. The Morgan fingerprint density at radius 3 is 3.06 bits per heavy atom. The molecule has 0 saturated heterocycles. The normalized spacial score (nSPS) is 16.5. The lowest BCUT2D eigenvalue weighted by molar-refractivity contribution is -0.123. The van der Waals surface area contributed by atoms with Gasteiger partial charge in [-0.05, 0) is 31.2 Å². The molecule has 0 radical (unpaired) electrons. The molecule has 1 fully saturated rings. The molecule has 4 nitrogen and oxygen atoms in total. The Kier molecular flexibility index (Phi) is 2.70. The predicted octanol–water partition coefficient (Wildman–Crippen LogP) is 2.57. The first kappa shape index (κ1) is 11.5. The second-order valence-electron chi connectivity index (χ2n) is 4.50. The summed E-state index contributed by atoms with van der Waals surface area (Å²) in [5.41, 5.74) is 0.325. The fourth-order valence-corrected chi connectivity index (χ4v) is 2.76. The summed E-state index contributed by atoms with van der Waals surface area (Å²) in [7, 11) is 0. The topological polar surface area (TPSA) is 55.1 Å². The first-order valence-electron chi connectivity index (χ1n) is 6.05. The average Bonchev–Trinajstić information content (AvgIpc) is 2.83. The number of amides is 1. The Morgan fingerprint density at radius 2 is 2.44 bits per heavy atom. The number of carbonyl (C=O) groups is 1. The number of aromatic nitrogens is 1. The maximum Gasteiger partial charge on any atom is 0.232 e. The van der Waals surface area contributed by atoms with Gasteiger partial charge in [0.1, 0.15) is 0 Å². The molecule has 1 amide bonds. The fourth-order valence-electron chi connectivity index (χ4n) is 2.09. The third-order valence-electron chi connectivity index (χ3n) is 3.29. The molecule has 2 heterocycles. The molecule has 0 spiro atoms. The molecule has 2 aromatic rings. The van der Waals surface area contributed by atoms with Crippen molar-refractivity contribution >= 4 is 17.2 Å². The zero-order valence-corrected chi connectivity index (χ0v) is 10.9. The first-order chi connectivity index (χ1) is 8.76. The average molecular weight is 262 g/mol. The standard InChI is InChI=1S/C13H14N2O2S/c1-2-14-12(16)13(5-6-13)11-8-9(17-15-11)10-4-3-7-18-10/h3-4,7-8H,2,5-6H2,1H3,(H,14,16). The zero-order valence-electron chi connectivity index (χ0n) is 10.1. The monoisotopic (exact) mass is 262 g/mol. The highest BCUT2D eigenvalue weighted by molar-refractivity contribution is 7.13. The van der Waals surface area contributed by atoms with E-state index < -0.39 is 5.41 Å². The minimum absolute atomic E-state index is 0.0658. The van der Waals surface area contributed by atoms with Crippen molar-refractivity contribution in [1.82, 2.24) is 10.5 Å². The summed E-state index contributed by atoms with van der Waals surface area (Å²) in [6.45, 7) is 2.57. The molecule has 0 aliphatic heterocycles. The molecule has 1 aliphatic carbocycles. The molecule has 1 saturated carbocycles. The van der Waals surface area contributed by atoms with Gasteiger partial charge in [0.2, 0.25) is 5.91 Å². The summed E-state index contributed by atoms with van der Waals surface area (Å²) in [6, 6.07) is 5.85. The first-order valence-corrected chi connectivity index (χ1v) is 6.93. The van der Waals surface area contributed by atoms with Crippen LogP contribution in [0.3, 0.4) is 0 Å². The highest BCUT2D eigenvalue weighted by Gasteiger charge is 2.53. The van der Waals surface area contributed by atoms with Gasteiger partial charge in [-0.3, -0.25) is 4.79 Å². The largest absolute Gasteiger partial charge is 0.356 e. The van der Waals surface area contributed by atoms with Crippen molar-refractivity contribution in [2.75, 3.05) is 6.54 Å². The lowest BCUT2D eigenvalue weighted by Gasteiger charge is -2.10. The van der Waals surface area contributed by atoms with Gasteiger partial charge in [-0.25, -0.2) is 0 Å². The summed E-state index contributed by atoms with van der Waals surface area (Å²) in [6.07, 6.45) is 1.71. The van der Waals surface area contributed by atoms with Gasteiger partial charge < -0.3 is 9.84 Å². The summed E-state index contributed by atoms with van der Waals surface area (Å²) < 4.78 is 5.34. The van der Waals surface area contributed by atoms with Crippen LogP contribution in [0.25, 0.3) is 10.6 Å². The molecule has 3 rings (SSSR count). The minimum atomic E-state index is -0.435. The molecule has 5 heteroatoms. The number of nitrogens with zero attached hydrogens (tertiary/aromatic N) is 1. The molecule has 0 atom stereocenters. The molecule has 1 N–H and O–H groups in total. The van der Waals surface area contributed by atoms with E-state index in [-0.39, 0.29) is 5.91 Å². The number of nitrogens with one attached hydrogen (secondary N) is 1. The van der Waals surface area contributed by atoms with Crippen molar-refractivity contribution in [3.05, 3.63) is 29.3 Å². The molecule has 0 aromatic carbocycles. The Hall–Kier alpha value is -1.62. The van der Waals surface area contributed by atoms with Crippen LogP contribution in [-0.4, -0.2) is 17.6 Å². The van der Waals surface area contributed by atoms with Crippen LogP contribution in [0.2, 0.25) is 0 Å². The second-order valence-corrected chi connectivity index (χ2v) is 5.44. The van der Waals surface area contributed by atoms with Gasteiger partial charge in [-0.2, -0.15) is 0 Å². The highest BCUT2D eigenvalue weighted by Crippen LogP contribution is 2.48. The summed E-state index contributed by atoms with van der Waals surface area (Å²) in [4.78, 5) is 13.1. The van der Waals surface area contributed by atoms with Gasteiger partial charge in [0.15, 0.2) is 5.76 Å². The number of thiophene rings is 1. The Morgan fingerprint density at radius 1 is 1.61 bits per heavy atom. The van der Waals surface area contributed by atoms with Gasteiger partial charge in [-0.15, -0.1) is 11.3 Å². The highest BCUT2D eigenvalue weighted by atomic mass is 32.1. The van der Waals surface area contributed by atoms with Crippen LogP contribution in [0.5, 0.6) is 0 Å². The molecule has 94 valence electrons. The van der Waals surface area contributed by atoms with Crippen molar-refractivity contribution in [1.29, 1.82) is 0 Å². The fraction of sp³-hybridized carbons (Fsp3) is 0.385. The van der Waals surface area contributed by atoms with E-state index in [9.17, 15) is 4.79 Å². The van der Waals surface area contributed by atoms with E-state index in [4.69, 9.17) is 4.52 Å². The van der Waals surface area contributed by atoms with Crippen molar-refractivity contribution < 1.29 is 9.32 Å². The Balaban J connectivity index is 1.88. The quantitative estimate of drug-likeness (QED) is 0.921. The van der Waals surface area contributed by atoms with Crippen molar-refractivity contribution in [3.8, 4) is 10.6 Å². The van der Waals surface area contributed by atoms with E-state index in [2.05, 4.69) is 10.5 Å². The molecule has 0 unspecified atom stereocenters. The van der Waals surface area contributed by atoms with E-state index in [0.29, 0.717) is 6.54 Å². The van der Waals surface area contributed by atoms with E-state index in [1.54, 1.807) is 11.3 Å². The maximum absolute atomic E-state index is 12.0. The van der Waals surface area contributed by atoms with Crippen LogP contribution < -0.4 is 5.32 Å². The van der Waals surface area contributed by atoms with Gasteiger partial charge in [-0.1, -0.05) is 11.2 Å².